The molecule has 0 fully saturated rings. The van der Waals surface area contributed by atoms with Crippen molar-refractivity contribution in [3.8, 4) is 5.75 Å². The number of primary amides is 1. The summed E-state index contributed by atoms with van der Waals surface area (Å²) in [5.41, 5.74) is 6.04. The average Bonchev–Trinajstić information content (AvgIpc) is 2.12. The third kappa shape index (κ3) is 3.94. The molecule has 2 N–H and O–H groups in total. The maximum absolute atomic E-state index is 10.4. The molecule has 1 aromatic rings. The van der Waals surface area contributed by atoms with Gasteiger partial charge in [0.1, 0.15) is 5.75 Å². The second kappa shape index (κ2) is 5.27. The molecule has 75 valence electrons. The first-order valence-corrected chi connectivity index (χ1v) is 4.58. The highest BCUT2D eigenvalue weighted by Crippen LogP contribution is 2.12. The lowest BCUT2D eigenvalue weighted by Gasteiger charge is -2.05. The van der Waals surface area contributed by atoms with Crippen molar-refractivity contribution < 1.29 is 9.53 Å². The van der Waals surface area contributed by atoms with Crippen LogP contribution >= 0.6 is 0 Å². The first kappa shape index (κ1) is 10.6. The van der Waals surface area contributed by atoms with Crippen molar-refractivity contribution in [2.45, 2.75) is 19.8 Å². The molecule has 0 unspecified atom stereocenters. The molecule has 0 aliphatic heterocycles. The van der Waals surface area contributed by atoms with Crippen molar-refractivity contribution in [3.63, 3.8) is 0 Å². The van der Waals surface area contributed by atoms with Gasteiger partial charge in [0.05, 0.1) is 6.61 Å². The second-order valence-corrected chi connectivity index (χ2v) is 3.13. The Balaban J connectivity index is 2.28. The summed E-state index contributed by atoms with van der Waals surface area (Å²) in [6.07, 6.45) is 1.03. The topological polar surface area (TPSA) is 52.3 Å². The Morgan fingerprint density at radius 3 is 3.07 bits per heavy atom. The standard InChI is InChI=1S/C11H14NO2/c1-9-4-2-5-10(8-9)14-7-3-6-11(12)13/h2,5,8H,3,6-7H2,1H3,(H2,12,13). The molecule has 3 nitrogen and oxygen atoms in total. The molecule has 0 saturated heterocycles. The molecular formula is C11H14NO2. The highest BCUT2D eigenvalue weighted by molar-refractivity contribution is 5.73. The van der Waals surface area contributed by atoms with E-state index in [0.717, 1.165) is 11.3 Å². The Morgan fingerprint density at radius 1 is 1.64 bits per heavy atom. The van der Waals surface area contributed by atoms with Crippen LogP contribution in [-0.4, -0.2) is 12.5 Å². The molecule has 1 radical (unpaired) electrons. The SMILES string of the molecule is Cc1[c]ccc(OCCCC(N)=O)c1. The van der Waals surface area contributed by atoms with Gasteiger partial charge in [0.15, 0.2) is 0 Å². The number of amides is 1. The molecule has 1 rings (SSSR count). The Kier molecular flexibility index (Phi) is 3.98. The third-order valence-corrected chi connectivity index (χ3v) is 1.75. The van der Waals surface area contributed by atoms with Gasteiger partial charge in [-0.05, 0) is 37.1 Å². The Labute approximate surface area is 83.9 Å². The fraction of sp³-hybridized carbons (Fsp3) is 0.364. The molecule has 0 heterocycles. The van der Waals surface area contributed by atoms with Crippen molar-refractivity contribution in [1.82, 2.24) is 0 Å². The predicted octanol–water partition coefficient (Wildman–Crippen LogP) is 1.44. The van der Waals surface area contributed by atoms with Crippen LogP contribution in [-0.2, 0) is 4.79 Å². The van der Waals surface area contributed by atoms with E-state index in [4.69, 9.17) is 10.5 Å². The number of carbonyl (C=O) groups is 1. The molecule has 0 aromatic heterocycles. The van der Waals surface area contributed by atoms with Gasteiger partial charge in [-0.1, -0.05) is 6.07 Å². The largest absolute Gasteiger partial charge is 0.494 e. The Hall–Kier alpha value is -1.51. The number of aryl methyl sites for hydroxylation is 1. The number of carbonyl (C=O) groups excluding carboxylic acids is 1. The van der Waals surface area contributed by atoms with Gasteiger partial charge in [0.25, 0.3) is 0 Å². The van der Waals surface area contributed by atoms with Crippen LogP contribution in [0.5, 0.6) is 5.75 Å². The summed E-state index contributed by atoms with van der Waals surface area (Å²) in [5.74, 6) is 0.525. The lowest BCUT2D eigenvalue weighted by molar-refractivity contribution is -0.118. The van der Waals surface area contributed by atoms with Crippen LogP contribution in [0.4, 0.5) is 0 Å². The normalized spacial score (nSPS) is 9.79. The van der Waals surface area contributed by atoms with Gasteiger partial charge in [-0.25, -0.2) is 0 Å². The van der Waals surface area contributed by atoms with E-state index >= 15 is 0 Å². The minimum Gasteiger partial charge on any atom is -0.494 e. The number of hydrogen-bond acceptors (Lipinski definition) is 2. The van der Waals surface area contributed by atoms with Crippen molar-refractivity contribution in [2.75, 3.05) is 6.61 Å². The van der Waals surface area contributed by atoms with Gasteiger partial charge in [0.2, 0.25) is 5.91 Å². The molecule has 0 bridgehead atoms. The third-order valence-electron chi connectivity index (χ3n) is 1.75. The molecule has 0 saturated carbocycles. The van der Waals surface area contributed by atoms with Gasteiger partial charge in [-0.3, -0.25) is 4.79 Å². The van der Waals surface area contributed by atoms with Crippen molar-refractivity contribution in [1.29, 1.82) is 0 Å². The van der Waals surface area contributed by atoms with Gasteiger partial charge in [-0.15, -0.1) is 0 Å². The summed E-state index contributed by atoms with van der Waals surface area (Å²) < 4.78 is 5.41. The molecule has 0 atom stereocenters. The molecule has 0 spiro atoms. The van der Waals surface area contributed by atoms with E-state index in [9.17, 15) is 4.79 Å². The summed E-state index contributed by atoms with van der Waals surface area (Å²) in [6.45, 7) is 2.47. The van der Waals surface area contributed by atoms with E-state index < -0.39 is 0 Å². The minimum absolute atomic E-state index is 0.286. The lowest BCUT2D eigenvalue weighted by Crippen LogP contribution is -2.11. The quantitative estimate of drug-likeness (QED) is 0.718. The van der Waals surface area contributed by atoms with Crippen molar-refractivity contribution in [2.24, 2.45) is 5.73 Å². The van der Waals surface area contributed by atoms with Gasteiger partial charge in [-0.2, -0.15) is 0 Å². The monoisotopic (exact) mass is 192 g/mol. The van der Waals surface area contributed by atoms with Crippen LogP contribution in [0.1, 0.15) is 18.4 Å². The zero-order valence-electron chi connectivity index (χ0n) is 8.25. The van der Waals surface area contributed by atoms with E-state index in [-0.39, 0.29) is 5.91 Å². The van der Waals surface area contributed by atoms with E-state index in [0.29, 0.717) is 19.4 Å². The van der Waals surface area contributed by atoms with E-state index in [1.54, 1.807) is 0 Å². The van der Waals surface area contributed by atoms with Crippen LogP contribution < -0.4 is 10.5 Å². The molecule has 1 aromatic carbocycles. The summed E-state index contributed by atoms with van der Waals surface area (Å²) in [7, 11) is 0. The number of benzene rings is 1. The van der Waals surface area contributed by atoms with Crippen LogP contribution in [0.25, 0.3) is 0 Å². The Morgan fingerprint density at radius 2 is 2.43 bits per heavy atom. The number of nitrogens with two attached hydrogens (primary N) is 1. The lowest BCUT2D eigenvalue weighted by atomic mass is 10.2. The number of rotatable bonds is 5. The van der Waals surface area contributed by atoms with Gasteiger partial charge < -0.3 is 10.5 Å². The fourth-order valence-electron chi connectivity index (χ4n) is 1.08. The zero-order chi connectivity index (χ0) is 10.4. The van der Waals surface area contributed by atoms with Crippen LogP contribution in [0.15, 0.2) is 18.2 Å². The van der Waals surface area contributed by atoms with Crippen LogP contribution in [0, 0.1) is 13.0 Å². The summed E-state index contributed by atoms with van der Waals surface area (Å²) in [6, 6.07) is 8.60. The molecule has 0 aliphatic carbocycles. The average molecular weight is 192 g/mol. The molecular weight excluding hydrogens is 178 g/mol. The summed E-state index contributed by atoms with van der Waals surface area (Å²) in [5, 5.41) is 0. The molecule has 14 heavy (non-hydrogen) atoms. The highest BCUT2D eigenvalue weighted by Gasteiger charge is 1.96. The maximum Gasteiger partial charge on any atom is 0.217 e. The number of ether oxygens (including phenoxy) is 1. The molecule has 1 amide bonds. The van der Waals surface area contributed by atoms with Gasteiger partial charge in [0, 0.05) is 6.42 Å². The first-order chi connectivity index (χ1) is 6.68. The highest BCUT2D eigenvalue weighted by atomic mass is 16.5. The zero-order valence-corrected chi connectivity index (χ0v) is 8.25. The second-order valence-electron chi connectivity index (χ2n) is 3.13. The molecule has 3 heteroatoms. The fourth-order valence-corrected chi connectivity index (χ4v) is 1.08. The summed E-state index contributed by atoms with van der Waals surface area (Å²) >= 11 is 0. The van der Waals surface area contributed by atoms with Crippen molar-refractivity contribution >= 4 is 5.91 Å². The minimum atomic E-state index is -0.286. The smallest absolute Gasteiger partial charge is 0.217 e. The first-order valence-electron chi connectivity index (χ1n) is 4.58. The van der Waals surface area contributed by atoms with E-state index in [2.05, 4.69) is 6.07 Å². The van der Waals surface area contributed by atoms with Crippen LogP contribution in [0.2, 0.25) is 0 Å². The summed E-state index contributed by atoms with van der Waals surface area (Å²) in [4.78, 5) is 10.4. The van der Waals surface area contributed by atoms with E-state index in [1.165, 1.54) is 0 Å². The van der Waals surface area contributed by atoms with E-state index in [1.807, 2.05) is 25.1 Å². The maximum atomic E-state index is 10.4. The van der Waals surface area contributed by atoms with Crippen LogP contribution in [0.3, 0.4) is 0 Å². The Bertz CT molecular complexity index is 310. The van der Waals surface area contributed by atoms with Gasteiger partial charge >= 0.3 is 0 Å². The molecule has 0 aliphatic rings. The van der Waals surface area contributed by atoms with Crippen molar-refractivity contribution in [3.05, 3.63) is 29.8 Å². The number of hydrogen-bond donors (Lipinski definition) is 1. The predicted molar refractivity (Wildman–Crippen MR) is 53.9 cm³/mol.